The minimum absolute atomic E-state index is 0.0513. The third-order valence-electron chi connectivity index (χ3n) is 10.2. The standard InChI is InChI=1S/C40H70N7O4P/c1-12-34-35(51-52(49-23-22-41-11)47(29(4)5)30(6)7)25-37(50-34)46-27-44-38-39(42-26-43-40(38)46)45-36(48)24-33(10)21-15-20-32(9)19-14-18-31(8)17-13-16-28(2)3/h26-35,37H,12-25H2,1-10H3,(H,42,43,45,48)/t31?,32?,33?,34-,35-,37-,52?/m1/s1. The zero-order chi connectivity index (χ0) is 38.2. The van der Waals surface area contributed by atoms with Crippen LogP contribution in [0, 0.1) is 30.2 Å². The van der Waals surface area contributed by atoms with Crippen LogP contribution in [0.2, 0.25) is 0 Å². The third kappa shape index (κ3) is 14.2. The molecule has 2 aromatic heterocycles. The zero-order valence-corrected chi connectivity index (χ0v) is 34.9. The Kier molecular flexibility index (Phi) is 19.4. The highest BCUT2D eigenvalue weighted by molar-refractivity contribution is 7.44. The molecule has 0 saturated carbocycles. The van der Waals surface area contributed by atoms with Crippen molar-refractivity contribution in [1.29, 1.82) is 0 Å². The van der Waals surface area contributed by atoms with Crippen LogP contribution >= 0.6 is 8.53 Å². The van der Waals surface area contributed by atoms with Gasteiger partial charge in [0.1, 0.15) is 19.2 Å². The van der Waals surface area contributed by atoms with Gasteiger partial charge in [0.15, 0.2) is 17.0 Å². The molecule has 1 aliphatic heterocycles. The number of fused-ring (bicyclic) bond motifs is 1. The Morgan fingerprint density at radius 2 is 1.58 bits per heavy atom. The average molecular weight is 744 g/mol. The van der Waals surface area contributed by atoms with Crippen LogP contribution in [0.15, 0.2) is 12.7 Å². The number of imidazole rings is 1. The molecule has 3 rings (SSSR count). The summed E-state index contributed by atoms with van der Waals surface area (Å²) in [5.74, 6) is 3.03. The molecule has 1 N–H and O–H groups in total. The minimum Gasteiger partial charge on any atom is -0.352 e. The van der Waals surface area contributed by atoms with Crippen molar-refractivity contribution in [3.8, 4) is 0 Å². The number of rotatable bonds is 25. The Labute approximate surface area is 316 Å². The van der Waals surface area contributed by atoms with Gasteiger partial charge in [-0.2, -0.15) is 0 Å². The van der Waals surface area contributed by atoms with E-state index in [1.54, 1.807) is 6.33 Å². The second-order valence-corrected chi connectivity index (χ2v) is 17.6. The fourth-order valence-electron chi connectivity index (χ4n) is 7.30. The maximum absolute atomic E-state index is 13.1. The summed E-state index contributed by atoms with van der Waals surface area (Å²) in [5.41, 5.74) is 1.16. The van der Waals surface area contributed by atoms with E-state index >= 15 is 0 Å². The molecule has 0 aliphatic carbocycles. The number of ether oxygens (including phenoxy) is 1. The number of nitrogens with zero attached hydrogens (tertiary/aromatic N) is 6. The smallest absolute Gasteiger partial charge is 0.259 e. The second-order valence-electron chi connectivity index (χ2n) is 16.2. The fourth-order valence-corrected chi connectivity index (χ4v) is 9.05. The zero-order valence-electron chi connectivity index (χ0n) is 34.0. The van der Waals surface area contributed by atoms with Crippen molar-refractivity contribution >= 4 is 31.4 Å². The Morgan fingerprint density at radius 1 is 0.962 bits per heavy atom. The molecule has 2 aromatic rings. The highest BCUT2D eigenvalue weighted by atomic mass is 31.2. The topological polar surface area (TPSA) is 108 Å². The minimum atomic E-state index is -1.40. The van der Waals surface area contributed by atoms with E-state index < -0.39 is 8.53 Å². The van der Waals surface area contributed by atoms with Crippen molar-refractivity contribution in [3.05, 3.63) is 24.1 Å². The number of nitrogens with one attached hydrogen (secondary N) is 1. The molecule has 3 heterocycles. The Balaban J connectivity index is 1.52. The highest BCUT2D eigenvalue weighted by Gasteiger charge is 2.41. The molecule has 0 radical (unpaired) electrons. The number of hydrogen-bond donors (Lipinski definition) is 1. The highest BCUT2D eigenvalue weighted by Crippen LogP contribution is 2.50. The first-order valence-electron chi connectivity index (χ1n) is 20.2. The van der Waals surface area contributed by atoms with Crippen LogP contribution in [0.25, 0.3) is 16.0 Å². The van der Waals surface area contributed by atoms with Gasteiger partial charge in [-0.1, -0.05) is 99.3 Å². The monoisotopic (exact) mass is 744 g/mol. The maximum Gasteiger partial charge on any atom is 0.259 e. The fraction of sp³-hybridized carbons (Fsp3) is 0.825. The molecule has 0 spiro atoms. The van der Waals surface area contributed by atoms with Crippen LogP contribution in [0.5, 0.6) is 0 Å². The molecular weight excluding hydrogens is 673 g/mol. The summed E-state index contributed by atoms with van der Waals surface area (Å²) in [6.45, 7) is 30.0. The van der Waals surface area contributed by atoms with E-state index in [2.05, 4.69) is 99.0 Å². The second kappa shape index (κ2) is 22.9. The summed E-state index contributed by atoms with van der Waals surface area (Å²) in [7, 11) is -1.40. The van der Waals surface area contributed by atoms with Gasteiger partial charge in [-0.05, 0) is 57.8 Å². The van der Waals surface area contributed by atoms with Gasteiger partial charge in [0, 0.05) is 24.9 Å². The van der Waals surface area contributed by atoms with E-state index in [4.69, 9.17) is 20.4 Å². The van der Waals surface area contributed by atoms with Crippen molar-refractivity contribution in [3.63, 3.8) is 0 Å². The quantitative estimate of drug-likeness (QED) is 0.0608. The van der Waals surface area contributed by atoms with Crippen molar-refractivity contribution in [1.82, 2.24) is 24.2 Å². The number of aromatic nitrogens is 4. The predicted octanol–water partition coefficient (Wildman–Crippen LogP) is 10.6. The number of carbonyl (C=O) groups is 1. The number of hydrogen-bond acceptors (Lipinski definition) is 8. The van der Waals surface area contributed by atoms with Crippen LogP contribution in [-0.4, -0.2) is 67.5 Å². The van der Waals surface area contributed by atoms with E-state index in [1.165, 1.54) is 51.3 Å². The average Bonchev–Trinajstić information content (AvgIpc) is 3.68. The molecule has 1 fully saturated rings. The van der Waals surface area contributed by atoms with Gasteiger partial charge in [-0.3, -0.25) is 9.36 Å². The molecule has 4 unspecified atom stereocenters. The first-order valence-corrected chi connectivity index (χ1v) is 21.3. The number of anilines is 1. The normalized spacial score (nSPS) is 20.2. The Bertz CT molecular complexity index is 1360. The van der Waals surface area contributed by atoms with Crippen LogP contribution in [0.3, 0.4) is 0 Å². The van der Waals surface area contributed by atoms with E-state index in [-0.39, 0.29) is 42.3 Å². The van der Waals surface area contributed by atoms with E-state index in [0.29, 0.717) is 43.0 Å². The van der Waals surface area contributed by atoms with Crippen molar-refractivity contribution in [2.75, 3.05) is 18.5 Å². The van der Waals surface area contributed by atoms with E-state index in [1.807, 2.05) is 4.57 Å². The first kappa shape index (κ1) is 44.2. The van der Waals surface area contributed by atoms with Gasteiger partial charge in [0.25, 0.3) is 8.53 Å². The van der Waals surface area contributed by atoms with Gasteiger partial charge in [-0.25, -0.2) is 26.2 Å². The summed E-state index contributed by atoms with van der Waals surface area (Å²) in [4.78, 5) is 30.2. The largest absolute Gasteiger partial charge is 0.352 e. The molecule has 12 heteroatoms. The van der Waals surface area contributed by atoms with Crippen LogP contribution in [0.4, 0.5) is 5.82 Å². The third-order valence-corrected chi connectivity index (χ3v) is 12.3. The first-order chi connectivity index (χ1) is 24.8. The molecule has 0 aromatic carbocycles. The Morgan fingerprint density at radius 3 is 2.15 bits per heavy atom. The lowest BCUT2D eigenvalue weighted by Gasteiger charge is -2.37. The summed E-state index contributed by atoms with van der Waals surface area (Å²) in [6.07, 6.45) is 15.7. The maximum atomic E-state index is 13.1. The van der Waals surface area contributed by atoms with Gasteiger partial charge in [-0.15, -0.1) is 0 Å². The van der Waals surface area contributed by atoms with E-state index in [9.17, 15) is 4.79 Å². The van der Waals surface area contributed by atoms with Crippen LogP contribution < -0.4 is 5.32 Å². The van der Waals surface area contributed by atoms with Gasteiger partial charge >= 0.3 is 0 Å². The summed E-state index contributed by atoms with van der Waals surface area (Å²) < 4.78 is 23.6. The van der Waals surface area contributed by atoms with Gasteiger partial charge in [0.2, 0.25) is 12.5 Å². The molecular formula is C40H70N7O4P. The number of amides is 1. The van der Waals surface area contributed by atoms with Gasteiger partial charge in [0.05, 0.1) is 18.5 Å². The molecule has 11 nitrogen and oxygen atoms in total. The molecule has 1 saturated heterocycles. The van der Waals surface area contributed by atoms with Crippen molar-refractivity contribution < 1.29 is 18.6 Å². The lowest BCUT2D eigenvalue weighted by molar-refractivity contribution is -0.117. The molecule has 52 heavy (non-hydrogen) atoms. The van der Waals surface area contributed by atoms with Crippen LogP contribution in [-0.2, 0) is 18.6 Å². The number of carbonyl (C=O) groups excluding carboxylic acids is 1. The van der Waals surface area contributed by atoms with Crippen molar-refractivity contribution in [2.45, 2.75) is 177 Å². The summed E-state index contributed by atoms with van der Waals surface area (Å²) in [6, 6.07) is 0.426. The van der Waals surface area contributed by atoms with Gasteiger partial charge < -0.3 is 23.9 Å². The SMILES string of the molecule is [C-]#[N+]CCOP(O[C@@H]1C[C@H](n2cnc3c(NC(=O)CC(C)CCCC(C)CCCC(C)CCCC(C)C)ncnc32)O[C@@H]1CC)N(C(C)C)C(C)C. The summed E-state index contributed by atoms with van der Waals surface area (Å²) in [5, 5.41) is 3.02. The van der Waals surface area contributed by atoms with Crippen molar-refractivity contribution in [2.24, 2.45) is 23.7 Å². The lowest BCUT2D eigenvalue weighted by Crippen LogP contribution is -2.35. The molecule has 0 bridgehead atoms. The Hall–Kier alpha value is -2.22. The lowest BCUT2D eigenvalue weighted by atomic mass is 9.90. The molecule has 7 atom stereocenters. The molecule has 1 aliphatic rings. The molecule has 1 amide bonds. The van der Waals surface area contributed by atoms with E-state index in [0.717, 1.165) is 37.0 Å². The van der Waals surface area contributed by atoms with Crippen LogP contribution in [0.1, 0.15) is 153 Å². The predicted molar refractivity (Wildman–Crippen MR) is 213 cm³/mol. The molecule has 294 valence electrons. The summed E-state index contributed by atoms with van der Waals surface area (Å²) >= 11 is 0.